The number of benzene rings is 2. The second-order valence-electron chi connectivity index (χ2n) is 6.90. The number of hydrogen-bond donors (Lipinski definition) is 5. The molecule has 0 fully saturated rings. The largest absolute Gasteiger partial charge is 0.507 e. The molecular formula is C21H15N7O. The summed E-state index contributed by atoms with van der Waals surface area (Å²) in [7, 11) is 0. The van der Waals surface area contributed by atoms with Crippen molar-refractivity contribution in [1.29, 1.82) is 0 Å². The SMILES string of the molecule is Oc1ccc2cc1c1cc3cc(ccc3[nH]1)[nH]c1ccnc(n1)[nH]c1cc2n[nH]1. The second kappa shape index (κ2) is 5.83. The highest BCUT2D eigenvalue weighted by atomic mass is 16.3. The first-order valence-electron chi connectivity index (χ1n) is 9.10. The lowest BCUT2D eigenvalue weighted by Gasteiger charge is -1.97. The maximum Gasteiger partial charge on any atom is 0.230 e. The van der Waals surface area contributed by atoms with E-state index in [4.69, 9.17) is 0 Å². The van der Waals surface area contributed by atoms with Crippen molar-refractivity contribution in [2.24, 2.45) is 0 Å². The van der Waals surface area contributed by atoms with Crippen molar-refractivity contribution >= 4 is 55.3 Å². The summed E-state index contributed by atoms with van der Waals surface area (Å²) in [5, 5.41) is 20.4. The average Bonchev–Trinajstić information content (AvgIpc) is 3.35. The molecule has 6 aromatic rings. The van der Waals surface area contributed by atoms with Crippen molar-refractivity contribution in [3.05, 3.63) is 60.8 Å². The lowest BCUT2D eigenvalue weighted by molar-refractivity contribution is 0.481. The van der Waals surface area contributed by atoms with Crippen LogP contribution in [-0.4, -0.2) is 40.2 Å². The molecular weight excluding hydrogens is 366 g/mol. The molecule has 0 saturated heterocycles. The molecule has 0 saturated carbocycles. The Balaban J connectivity index is 1.85. The fraction of sp³-hybridized carbons (Fsp3) is 0. The molecule has 0 unspecified atom stereocenters. The summed E-state index contributed by atoms with van der Waals surface area (Å²) < 4.78 is 0. The molecule has 140 valence electrons. The van der Waals surface area contributed by atoms with Gasteiger partial charge in [-0.3, -0.25) is 5.10 Å². The maximum atomic E-state index is 10.5. The van der Waals surface area contributed by atoms with E-state index < -0.39 is 0 Å². The van der Waals surface area contributed by atoms with Gasteiger partial charge in [0.15, 0.2) is 0 Å². The van der Waals surface area contributed by atoms with Crippen LogP contribution in [0.4, 0.5) is 0 Å². The minimum atomic E-state index is 0.206. The summed E-state index contributed by atoms with van der Waals surface area (Å²) in [6.07, 6.45) is 1.69. The fourth-order valence-corrected chi connectivity index (χ4v) is 3.56. The zero-order valence-electron chi connectivity index (χ0n) is 15.1. The Morgan fingerprint density at radius 3 is 2.72 bits per heavy atom. The van der Waals surface area contributed by atoms with E-state index in [1.54, 1.807) is 12.3 Å². The van der Waals surface area contributed by atoms with Crippen LogP contribution in [0.3, 0.4) is 0 Å². The van der Waals surface area contributed by atoms with Crippen molar-refractivity contribution in [1.82, 2.24) is 35.1 Å². The third kappa shape index (κ3) is 2.66. The molecule has 0 atom stereocenters. The Labute approximate surface area is 162 Å². The van der Waals surface area contributed by atoms with E-state index in [2.05, 4.69) is 35.1 Å². The van der Waals surface area contributed by atoms with Gasteiger partial charge in [0.25, 0.3) is 0 Å². The number of aromatic hydroxyl groups is 1. The molecule has 0 radical (unpaired) electrons. The van der Waals surface area contributed by atoms with Gasteiger partial charge in [0.1, 0.15) is 17.0 Å². The standard InChI is InChI=1S/C21H15N7O/c29-18-4-1-11-8-14(18)17-9-12-7-13(2-3-15(12)24-17)23-19-5-6-22-21(25-19)26-20-10-16(11)27-28-20/h1-10,24,29H,(H3,22,23,25,26,27,28). The van der Waals surface area contributed by atoms with E-state index >= 15 is 0 Å². The van der Waals surface area contributed by atoms with Crippen molar-refractivity contribution in [3.8, 4) is 5.75 Å². The van der Waals surface area contributed by atoms with Crippen LogP contribution in [0.15, 0.2) is 60.8 Å². The van der Waals surface area contributed by atoms with E-state index in [1.807, 2.05) is 48.5 Å². The number of aromatic amines is 4. The van der Waals surface area contributed by atoms with E-state index in [1.165, 1.54) is 0 Å². The van der Waals surface area contributed by atoms with Crippen molar-refractivity contribution in [2.75, 3.05) is 0 Å². The Kier molecular flexibility index (Phi) is 3.16. The van der Waals surface area contributed by atoms with Gasteiger partial charge in [0.2, 0.25) is 5.78 Å². The first kappa shape index (κ1) is 15.7. The Morgan fingerprint density at radius 1 is 0.793 bits per heavy atom. The molecule has 8 heteroatoms. The average molecular weight is 381 g/mol. The Hall–Kier alpha value is -4.33. The van der Waals surface area contributed by atoms with Crippen LogP contribution in [0.25, 0.3) is 55.3 Å². The predicted octanol–water partition coefficient (Wildman–Crippen LogP) is 4.34. The Morgan fingerprint density at radius 2 is 1.76 bits per heavy atom. The van der Waals surface area contributed by atoms with Gasteiger partial charge in [-0.1, -0.05) is 0 Å². The third-order valence-electron chi connectivity index (χ3n) is 4.96. The van der Waals surface area contributed by atoms with E-state index in [0.29, 0.717) is 22.5 Å². The molecule has 0 aliphatic heterocycles. The third-order valence-corrected chi connectivity index (χ3v) is 4.96. The van der Waals surface area contributed by atoms with E-state index in [-0.39, 0.29) is 5.75 Å². The van der Waals surface area contributed by atoms with Crippen LogP contribution in [-0.2, 0) is 0 Å². The first-order chi connectivity index (χ1) is 14.2. The summed E-state index contributed by atoms with van der Waals surface area (Å²) in [5.74, 6) is 0.658. The van der Waals surface area contributed by atoms with Gasteiger partial charge in [-0.05, 0) is 48.5 Å². The van der Waals surface area contributed by atoms with Gasteiger partial charge in [-0.25, -0.2) is 4.98 Å². The summed E-state index contributed by atoms with van der Waals surface area (Å²) in [6.45, 7) is 0. The van der Waals surface area contributed by atoms with Gasteiger partial charge in [-0.15, -0.1) is 0 Å². The minimum absolute atomic E-state index is 0.206. The van der Waals surface area contributed by atoms with Crippen LogP contribution >= 0.6 is 0 Å². The highest BCUT2D eigenvalue weighted by Crippen LogP contribution is 2.28. The lowest BCUT2D eigenvalue weighted by atomic mass is 10.1. The number of fused-ring (bicyclic) bond motifs is 10. The van der Waals surface area contributed by atoms with Crippen LogP contribution in [0.1, 0.15) is 0 Å². The highest BCUT2D eigenvalue weighted by molar-refractivity contribution is 5.99. The van der Waals surface area contributed by atoms with Crippen molar-refractivity contribution < 1.29 is 5.11 Å². The maximum absolute atomic E-state index is 10.5. The van der Waals surface area contributed by atoms with E-state index in [0.717, 1.165) is 32.8 Å². The molecule has 9 bridgehead atoms. The van der Waals surface area contributed by atoms with Crippen molar-refractivity contribution in [3.63, 3.8) is 0 Å². The number of phenolic OH excluding ortho intramolecular Hbond substituents is 1. The molecule has 5 N–H and O–H groups in total. The van der Waals surface area contributed by atoms with Gasteiger partial charge >= 0.3 is 0 Å². The molecule has 4 heterocycles. The molecule has 4 aromatic heterocycles. The lowest BCUT2D eigenvalue weighted by Crippen LogP contribution is -1.86. The number of H-pyrrole nitrogens is 4. The quantitative estimate of drug-likeness (QED) is 0.269. The van der Waals surface area contributed by atoms with Crippen LogP contribution in [0.2, 0.25) is 0 Å². The summed E-state index contributed by atoms with van der Waals surface area (Å²) in [5.41, 5.74) is 4.80. The summed E-state index contributed by atoms with van der Waals surface area (Å²) in [4.78, 5) is 18.6. The Bertz CT molecular complexity index is 1630. The van der Waals surface area contributed by atoms with Gasteiger partial charge in [0, 0.05) is 39.5 Å². The molecule has 0 aliphatic rings. The molecule has 6 rings (SSSR count). The summed E-state index contributed by atoms with van der Waals surface area (Å²) in [6, 6.07) is 17.2. The normalized spacial score (nSPS) is 11.6. The number of aromatic nitrogens is 7. The second-order valence-corrected chi connectivity index (χ2v) is 6.90. The van der Waals surface area contributed by atoms with Crippen LogP contribution in [0.5, 0.6) is 5.75 Å². The number of rotatable bonds is 0. The van der Waals surface area contributed by atoms with Crippen molar-refractivity contribution in [2.45, 2.75) is 0 Å². The molecule has 0 aliphatic carbocycles. The fourth-order valence-electron chi connectivity index (χ4n) is 3.56. The highest BCUT2D eigenvalue weighted by Gasteiger charge is 2.04. The monoisotopic (exact) mass is 381 g/mol. The van der Waals surface area contributed by atoms with Crippen LogP contribution < -0.4 is 0 Å². The number of nitrogens with one attached hydrogen (secondary N) is 4. The zero-order valence-corrected chi connectivity index (χ0v) is 15.1. The van der Waals surface area contributed by atoms with Gasteiger partial charge in [0.05, 0.1) is 11.0 Å². The minimum Gasteiger partial charge on any atom is -0.507 e. The first-order valence-corrected chi connectivity index (χ1v) is 9.10. The van der Waals surface area contributed by atoms with E-state index in [9.17, 15) is 5.11 Å². The molecule has 29 heavy (non-hydrogen) atoms. The smallest absolute Gasteiger partial charge is 0.230 e. The topological polar surface area (TPSA) is 122 Å². The molecule has 0 spiro atoms. The molecule has 2 aromatic carbocycles. The summed E-state index contributed by atoms with van der Waals surface area (Å²) >= 11 is 0. The van der Waals surface area contributed by atoms with Gasteiger partial charge in [-0.2, -0.15) is 10.1 Å². The zero-order chi connectivity index (χ0) is 19.4. The van der Waals surface area contributed by atoms with Gasteiger partial charge < -0.3 is 20.1 Å². The predicted molar refractivity (Wildman–Crippen MR) is 113 cm³/mol. The number of hydrogen-bond acceptors (Lipinski definition) is 4. The van der Waals surface area contributed by atoms with Crippen LogP contribution in [0, 0.1) is 0 Å². The molecule has 8 nitrogen and oxygen atoms in total. The molecule has 0 amide bonds. The number of nitrogens with zero attached hydrogens (tertiary/aromatic N) is 3. The number of phenols is 1.